The van der Waals surface area contributed by atoms with Crippen molar-refractivity contribution in [3.8, 4) is 0 Å². The number of rotatable bonds is 8. The molecule has 0 saturated heterocycles. The lowest BCUT2D eigenvalue weighted by atomic mass is 10.0. The fourth-order valence-corrected chi connectivity index (χ4v) is 2.42. The second-order valence-electron chi connectivity index (χ2n) is 6.11. The Morgan fingerprint density at radius 2 is 1.93 bits per heavy atom. The number of aromatic nitrogens is 1. The topological polar surface area (TPSA) is 152 Å². The number of nitrogens with two attached hydrogens (primary N) is 2. The van der Waals surface area contributed by atoms with Crippen LogP contribution in [0.25, 0.3) is 0 Å². The molecule has 2 rings (SSSR count). The minimum atomic E-state index is -1.51. The number of benzene rings is 1. The smallest absolute Gasteiger partial charge is 0.344 e. The number of carboxylic acids is 2. The molecule has 0 radical (unpaired) electrons. The van der Waals surface area contributed by atoms with Gasteiger partial charge in [0.25, 0.3) is 0 Å². The third-order valence-corrected chi connectivity index (χ3v) is 4.35. The van der Waals surface area contributed by atoms with Crippen LogP contribution in [-0.2, 0) is 4.79 Å². The number of halogens is 1. The summed E-state index contributed by atoms with van der Waals surface area (Å²) in [7, 11) is 0. The lowest BCUT2D eigenvalue weighted by Gasteiger charge is -2.28. The molecule has 9 heteroatoms. The number of nitrogens with zero attached hydrogens (tertiary/aromatic N) is 1. The molecule has 8 nitrogen and oxygen atoms in total. The van der Waals surface area contributed by atoms with Crippen LogP contribution in [0.1, 0.15) is 35.2 Å². The number of hydrogen-bond donors (Lipinski definition) is 5. The molecule has 1 aromatic carbocycles. The Hall–Kier alpha value is -2.68. The molecule has 0 fully saturated rings. The maximum atomic E-state index is 11.4. The quantitative estimate of drug-likeness (QED) is 0.330. The van der Waals surface area contributed by atoms with Gasteiger partial charge >= 0.3 is 11.9 Å². The molecule has 0 aliphatic heterocycles. The van der Waals surface area contributed by atoms with Crippen LogP contribution in [-0.4, -0.2) is 39.3 Å². The van der Waals surface area contributed by atoms with Gasteiger partial charge in [-0.3, -0.25) is 10.7 Å². The average Bonchev–Trinajstić information content (AvgIpc) is 2.67. The molecule has 28 heavy (non-hydrogen) atoms. The van der Waals surface area contributed by atoms with E-state index >= 15 is 0 Å². The second-order valence-corrected chi connectivity index (χ2v) is 6.51. The molecule has 1 heterocycles. The van der Waals surface area contributed by atoms with E-state index < -0.39 is 17.6 Å². The maximum Gasteiger partial charge on any atom is 0.344 e. The number of pyridine rings is 1. The van der Waals surface area contributed by atoms with Crippen LogP contribution in [0.2, 0.25) is 5.02 Å². The normalized spacial score (nSPS) is 12.3. The zero-order valence-electron chi connectivity index (χ0n) is 15.6. The van der Waals surface area contributed by atoms with Gasteiger partial charge in [0.15, 0.2) is 5.66 Å². The largest absolute Gasteiger partial charge is 0.478 e. The number of anilines is 1. The summed E-state index contributed by atoms with van der Waals surface area (Å²) in [4.78, 5) is 25.2. The highest BCUT2D eigenvalue weighted by atomic mass is 35.5. The van der Waals surface area contributed by atoms with Crippen LogP contribution in [0.4, 0.5) is 5.69 Å². The summed E-state index contributed by atoms with van der Waals surface area (Å²) < 4.78 is 0. The summed E-state index contributed by atoms with van der Waals surface area (Å²) in [5.74, 6) is -2.04. The van der Waals surface area contributed by atoms with Gasteiger partial charge in [-0.15, -0.1) is 0 Å². The molecule has 0 amide bonds. The molecule has 2 aromatic rings. The van der Waals surface area contributed by atoms with Crippen molar-refractivity contribution in [3.63, 3.8) is 0 Å². The summed E-state index contributed by atoms with van der Waals surface area (Å²) in [5, 5.41) is 21.1. The Bertz CT molecular complexity index is 789. The van der Waals surface area contributed by atoms with E-state index in [0.29, 0.717) is 30.1 Å². The van der Waals surface area contributed by atoms with Gasteiger partial charge in [0, 0.05) is 23.1 Å². The van der Waals surface area contributed by atoms with Crippen molar-refractivity contribution in [1.82, 2.24) is 4.98 Å². The van der Waals surface area contributed by atoms with Crippen molar-refractivity contribution in [2.75, 3.05) is 11.9 Å². The summed E-state index contributed by atoms with van der Waals surface area (Å²) in [6.45, 7) is 2.33. The predicted molar refractivity (Wildman–Crippen MR) is 108 cm³/mol. The molecule has 0 aliphatic carbocycles. The highest BCUT2D eigenvalue weighted by Crippen LogP contribution is 2.26. The molecule has 0 spiro atoms. The van der Waals surface area contributed by atoms with Crippen molar-refractivity contribution in [2.45, 2.75) is 31.8 Å². The Labute approximate surface area is 168 Å². The van der Waals surface area contributed by atoms with Gasteiger partial charge in [0.05, 0.1) is 5.56 Å². The minimum Gasteiger partial charge on any atom is -0.478 e. The van der Waals surface area contributed by atoms with E-state index in [9.17, 15) is 14.7 Å². The maximum absolute atomic E-state index is 11.4. The average molecular weight is 409 g/mol. The van der Waals surface area contributed by atoms with Crippen molar-refractivity contribution in [2.24, 2.45) is 11.5 Å². The first-order valence-corrected chi connectivity index (χ1v) is 8.98. The van der Waals surface area contributed by atoms with E-state index in [2.05, 4.69) is 10.3 Å². The van der Waals surface area contributed by atoms with Crippen LogP contribution >= 0.6 is 11.6 Å². The second kappa shape index (κ2) is 11.2. The first-order valence-electron chi connectivity index (χ1n) is 8.60. The fraction of sp³-hybridized carbons (Fsp3) is 0.316. The van der Waals surface area contributed by atoms with E-state index in [0.717, 1.165) is 12.0 Å². The zero-order valence-corrected chi connectivity index (χ0v) is 16.3. The van der Waals surface area contributed by atoms with E-state index in [-0.39, 0.29) is 5.56 Å². The Morgan fingerprint density at radius 1 is 1.21 bits per heavy atom. The van der Waals surface area contributed by atoms with Crippen LogP contribution in [0, 0.1) is 6.92 Å². The van der Waals surface area contributed by atoms with Gasteiger partial charge in [0.1, 0.15) is 0 Å². The molecule has 1 atom stereocenters. The van der Waals surface area contributed by atoms with Gasteiger partial charge in [0.2, 0.25) is 0 Å². The van der Waals surface area contributed by atoms with Gasteiger partial charge < -0.3 is 21.3 Å². The van der Waals surface area contributed by atoms with E-state index in [4.69, 9.17) is 28.2 Å². The monoisotopic (exact) mass is 408 g/mol. The molecule has 152 valence electrons. The number of aliphatic carboxylic acids is 1. The number of hydrogen-bond acceptors (Lipinski definition) is 6. The first kappa shape index (κ1) is 23.4. The van der Waals surface area contributed by atoms with Crippen LogP contribution in [0.5, 0.6) is 0 Å². The molecular weight excluding hydrogens is 384 g/mol. The summed E-state index contributed by atoms with van der Waals surface area (Å²) in [6.07, 6.45) is 4.52. The standard InChI is InChI=1S/C13H20ClN3O2.C6H5NO2/c1-9-10(14)5-4-6-11(9)17-13(16,12(18)19)7-2-3-8-15;8-6(9)5-2-1-3-7-4-5/h4-6,17H,2-3,7-8,15-16H2,1H3,(H,18,19);1-4H,(H,8,9)/t13-;/m1./s1. The van der Waals surface area contributed by atoms with Crippen LogP contribution in [0.3, 0.4) is 0 Å². The highest BCUT2D eigenvalue weighted by Gasteiger charge is 2.33. The van der Waals surface area contributed by atoms with Crippen LogP contribution < -0.4 is 16.8 Å². The molecule has 0 bridgehead atoms. The summed E-state index contributed by atoms with van der Waals surface area (Å²) in [6, 6.07) is 8.34. The molecule has 0 aliphatic rings. The molecule has 0 saturated carbocycles. The van der Waals surface area contributed by atoms with E-state index in [1.54, 1.807) is 24.3 Å². The van der Waals surface area contributed by atoms with E-state index in [1.807, 2.05) is 6.92 Å². The lowest BCUT2D eigenvalue weighted by Crippen LogP contribution is -2.55. The molecule has 1 aromatic heterocycles. The molecule has 0 unspecified atom stereocenters. The van der Waals surface area contributed by atoms with Gasteiger partial charge in [-0.05, 0) is 62.6 Å². The first-order chi connectivity index (χ1) is 13.2. The van der Waals surface area contributed by atoms with Crippen molar-refractivity contribution >= 4 is 29.2 Å². The Kier molecular flexibility index (Phi) is 9.37. The number of carboxylic acid groups (broad SMARTS) is 2. The fourth-order valence-electron chi connectivity index (χ4n) is 2.24. The van der Waals surface area contributed by atoms with Crippen LogP contribution in [0.15, 0.2) is 42.7 Å². The number of carbonyl (C=O) groups is 2. The zero-order chi connectivity index (χ0) is 21.2. The lowest BCUT2D eigenvalue weighted by molar-refractivity contribution is -0.142. The predicted octanol–water partition coefficient (Wildman–Crippen LogP) is 2.71. The Balaban J connectivity index is 0.000000362. The Morgan fingerprint density at radius 3 is 2.43 bits per heavy atom. The minimum absolute atomic E-state index is 0.220. The SMILES string of the molecule is Cc1c(Cl)cccc1N[C@](N)(CCCCN)C(=O)O.O=C(O)c1cccnc1. The number of unbranched alkanes of at least 4 members (excludes halogenated alkanes) is 1. The number of aromatic carboxylic acids is 1. The van der Waals surface area contributed by atoms with Gasteiger partial charge in [-0.1, -0.05) is 17.7 Å². The third-order valence-electron chi connectivity index (χ3n) is 3.94. The third kappa shape index (κ3) is 7.15. The molecule has 7 N–H and O–H groups in total. The van der Waals surface area contributed by atoms with Crippen molar-refractivity contribution in [1.29, 1.82) is 0 Å². The van der Waals surface area contributed by atoms with Gasteiger partial charge in [-0.25, -0.2) is 9.59 Å². The van der Waals surface area contributed by atoms with Gasteiger partial charge in [-0.2, -0.15) is 0 Å². The molecular formula is C19H25ClN4O4. The van der Waals surface area contributed by atoms with E-state index in [1.165, 1.54) is 18.5 Å². The number of nitrogens with one attached hydrogen (secondary N) is 1. The van der Waals surface area contributed by atoms with Crippen molar-refractivity contribution < 1.29 is 19.8 Å². The summed E-state index contributed by atoms with van der Waals surface area (Å²) >= 11 is 6.00. The highest BCUT2D eigenvalue weighted by molar-refractivity contribution is 6.31. The summed E-state index contributed by atoms with van der Waals surface area (Å²) in [5.41, 5.74) is 11.5. The van der Waals surface area contributed by atoms with Crippen molar-refractivity contribution in [3.05, 3.63) is 58.9 Å².